The Balaban J connectivity index is 5.54. The van der Waals surface area contributed by atoms with Crippen LogP contribution in [0.1, 0.15) is 310 Å². The van der Waals surface area contributed by atoms with Gasteiger partial charge in [0.1, 0.15) is 19.3 Å². The first-order valence-corrected chi connectivity index (χ1v) is 44.4. The highest BCUT2D eigenvalue weighted by Crippen LogP contribution is 2.45. The van der Waals surface area contributed by atoms with Crippen molar-refractivity contribution in [2.24, 2.45) is 0 Å². The number of hydrogen-bond acceptors (Lipinski definition) is 15. The molecule has 0 aliphatic heterocycles. The van der Waals surface area contributed by atoms with Crippen molar-refractivity contribution in [1.29, 1.82) is 0 Å². The Labute approximate surface area is 654 Å². The minimum Gasteiger partial charge on any atom is -0.462 e. The molecule has 2 unspecified atom stereocenters. The van der Waals surface area contributed by atoms with E-state index < -0.39 is 97.5 Å². The Hall–Kier alpha value is -5.58. The Bertz CT molecular complexity index is 2710. The third-order valence-corrected chi connectivity index (χ3v) is 18.6. The summed E-state index contributed by atoms with van der Waals surface area (Å²) >= 11 is 0. The molecule has 17 nitrogen and oxygen atoms in total. The van der Waals surface area contributed by atoms with E-state index in [0.717, 1.165) is 109 Å². The zero-order valence-corrected chi connectivity index (χ0v) is 69.0. The molecule has 0 aromatic carbocycles. The summed E-state index contributed by atoms with van der Waals surface area (Å²) in [6.45, 7) is 4.50. The van der Waals surface area contributed by atoms with Crippen molar-refractivity contribution in [2.75, 3.05) is 39.6 Å². The molecule has 0 aromatic rings. The van der Waals surface area contributed by atoms with Gasteiger partial charge in [-0.3, -0.25) is 37.3 Å². The number of carbonyl (C=O) groups is 4. The number of esters is 4. The van der Waals surface area contributed by atoms with Crippen LogP contribution < -0.4 is 0 Å². The van der Waals surface area contributed by atoms with E-state index in [9.17, 15) is 43.2 Å². The molecule has 0 saturated heterocycles. The number of phosphoric ester groups is 2. The first-order valence-electron chi connectivity index (χ1n) is 41.4. The molecule has 0 rings (SSSR count). The average molecular weight is 1550 g/mol. The number of aliphatic hydroxyl groups is 1. The second-order valence-electron chi connectivity index (χ2n) is 27.0. The van der Waals surface area contributed by atoms with Crippen molar-refractivity contribution in [3.05, 3.63) is 170 Å². The fourth-order valence-corrected chi connectivity index (χ4v) is 12.0. The van der Waals surface area contributed by atoms with Gasteiger partial charge in [0.05, 0.1) is 26.4 Å². The Kier molecular flexibility index (Phi) is 75.4. The minimum absolute atomic E-state index is 0.000608. The smallest absolute Gasteiger partial charge is 0.462 e. The van der Waals surface area contributed by atoms with Crippen LogP contribution in [0.4, 0.5) is 0 Å². The van der Waals surface area contributed by atoms with Crippen LogP contribution in [-0.4, -0.2) is 96.7 Å². The van der Waals surface area contributed by atoms with Crippen LogP contribution in [-0.2, 0) is 65.4 Å². The lowest BCUT2D eigenvalue weighted by molar-refractivity contribution is -0.161. The summed E-state index contributed by atoms with van der Waals surface area (Å²) < 4.78 is 68.5. The van der Waals surface area contributed by atoms with Gasteiger partial charge in [0, 0.05) is 25.7 Å². The molecule has 0 heterocycles. The van der Waals surface area contributed by atoms with Gasteiger partial charge in [-0.05, 0) is 141 Å². The first-order chi connectivity index (χ1) is 52.7. The summed E-state index contributed by atoms with van der Waals surface area (Å²) in [5.41, 5.74) is 0. The van der Waals surface area contributed by atoms with Crippen LogP contribution in [0.2, 0.25) is 0 Å². The lowest BCUT2D eigenvalue weighted by Gasteiger charge is -2.21. The number of carbonyl (C=O) groups excluding carboxylic acids is 4. The molecule has 0 amide bonds. The topological polar surface area (TPSA) is 237 Å². The molecule has 0 fully saturated rings. The minimum atomic E-state index is -5.02. The maximum absolute atomic E-state index is 13.1. The lowest BCUT2D eigenvalue weighted by atomic mass is 10.0. The molecule has 0 bridgehead atoms. The summed E-state index contributed by atoms with van der Waals surface area (Å²) in [6.07, 6.45) is 95.0. The largest absolute Gasteiger partial charge is 0.472 e. The van der Waals surface area contributed by atoms with Crippen molar-refractivity contribution in [3.63, 3.8) is 0 Å². The number of rotatable bonds is 76. The molecule has 0 aliphatic rings. The fourth-order valence-electron chi connectivity index (χ4n) is 10.4. The van der Waals surface area contributed by atoms with Gasteiger partial charge in [-0.1, -0.05) is 313 Å². The van der Waals surface area contributed by atoms with Gasteiger partial charge in [-0.25, -0.2) is 9.13 Å². The zero-order chi connectivity index (χ0) is 78.9. The van der Waals surface area contributed by atoms with Crippen molar-refractivity contribution < 1.29 is 80.2 Å². The first kappa shape index (κ1) is 102. The highest BCUT2D eigenvalue weighted by molar-refractivity contribution is 7.47. The van der Waals surface area contributed by atoms with Gasteiger partial charge >= 0.3 is 39.5 Å². The third kappa shape index (κ3) is 78.5. The molecule has 0 aromatic heterocycles. The molecule has 0 spiro atoms. The van der Waals surface area contributed by atoms with Crippen molar-refractivity contribution in [3.8, 4) is 0 Å². The predicted octanol–water partition coefficient (Wildman–Crippen LogP) is 24.6. The molecule has 19 heteroatoms. The Morgan fingerprint density at radius 2 is 0.509 bits per heavy atom. The van der Waals surface area contributed by atoms with Gasteiger partial charge in [0.2, 0.25) is 0 Å². The Morgan fingerprint density at radius 3 is 0.833 bits per heavy atom. The summed E-state index contributed by atoms with van der Waals surface area (Å²) in [5, 5.41) is 10.7. The molecule has 108 heavy (non-hydrogen) atoms. The zero-order valence-electron chi connectivity index (χ0n) is 67.2. The number of unbranched alkanes of at least 4 members (excludes halogenated alkanes) is 22. The van der Waals surface area contributed by atoms with E-state index >= 15 is 0 Å². The van der Waals surface area contributed by atoms with E-state index in [0.29, 0.717) is 44.9 Å². The maximum Gasteiger partial charge on any atom is 0.472 e. The maximum atomic E-state index is 13.1. The summed E-state index contributed by atoms with van der Waals surface area (Å²) in [5.74, 6) is -2.41. The number of phosphoric acid groups is 2. The van der Waals surface area contributed by atoms with Crippen molar-refractivity contribution in [1.82, 2.24) is 0 Å². The standard InChI is InChI=1S/C89H146O17P2/c1-5-9-13-17-21-25-29-33-37-40-41-44-47-50-54-58-62-66-70-74-87(92)100-79-84(105-88(93)75-71-67-63-59-55-51-45-36-32-28-24-20-16-12-8-4)81-103-107(95,96)101-77-83(90)78-102-108(97,98)104-82-85(106-89(94)76-72-68-64-60-56-52-48-43-39-35-31-27-23-19-15-11-7-3)80-99-86(91)73-69-65-61-57-53-49-46-42-38-34-30-26-22-18-14-10-6-2/h9,13,21-23,25-27,33-35,37-39,41,44,46,48-50,52,54,57,60-62,64,66,83-85,90H,5-8,10-12,14-20,24,28-32,36,40,42-43,45,47,51,53,55-56,58-59,63,65,67-82H2,1-4H3,(H,95,96)(H,97,98)/b13-9-,25-21-,26-22-,27-23-,37-33-,38-34-,39-35-,44-41-,49-46-,52-48-,54-50-,61-57-,64-60-,66-62-/t83-,84-,85-/m1/s1. The van der Waals surface area contributed by atoms with Gasteiger partial charge in [0.15, 0.2) is 12.2 Å². The van der Waals surface area contributed by atoms with E-state index in [4.69, 9.17) is 37.0 Å². The van der Waals surface area contributed by atoms with E-state index in [1.807, 2.05) is 42.5 Å². The SMILES string of the molecule is CC/C=C\C/C=C\C/C=C\C/C=C\C/C=C\C/C=C\CCC(=O)OC[C@H](COP(=O)(O)OC[C@@H](O)COP(=O)(O)OC[C@@H](COC(=O)CCC/C=C\C/C=C\C/C=C\C/C=C\CCCCC)OC(=O)CCC/C=C\C/C=C\C/C=C\C/C=C\CCCCC)OC(=O)CCCCCCCCCCCCCCCCC. The second kappa shape index (κ2) is 79.5. The van der Waals surface area contributed by atoms with E-state index in [-0.39, 0.29) is 25.7 Å². The summed E-state index contributed by atoms with van der Waals surface area (Å²) in [6, 6.07) is 0. The fraction of sp³-hybridized carbons (Fsp3) is 0.640. The van der Waals surface area contributed by atoms with Gasteiger partial charge in [-0.2, -0.15) is 0 Å². The van der Waals surface area contributed by atoms with E-state index in [1.54, 1.807) is 0 Å². The van der Waals surface area contributed by atoms with Crippen LogP contribution in [0.25, 0.3) is 0 Å². The molecule has 0 radical (unpaired) electrons. The molecule has 5 atom stereocenters. The number of hydrogen-bond donors (Lipinski definition) is 3. The van der Waals surface area contributed by atoms with Crippen LogP contribution in [0, 0.1) is 0 Å². The molecule has 0 aliphatic carbocycles. The van der Waals surface area contributed by atoms with Crippen LogP contribution in [0.3, 0.4) is 0 Å². The van der Waals surface area contributed by atoms with Crippen molar-refractivity contribution in [2.45, 2.75) is 329 Å². The highest BCUT2D eigenvalue weighted by Gasteiger charge is 2.30. The molecule has 0 saturated carbocycles. The second-order valence-corrected chi connectivity index (χ2v) is 29.9. The van der Waals surface area contributed by atoms with Gasteiger partial charge < -0.3 is 33.8 Å². The predicted molar refractivity (Wildman–Crippen MR) is 445 cm³/mol. The van der Waals surface area contributed by atoms with Crippen LogP contribution in [0.5, 0.6) is 0 Å². The third-order valence-electron chi connectivity index (χ3n) is 16.7. The number of allylic oxidation sites excluding steroid dienone is 28. The normalized spacial score (nSPS) is 14.7. The average Bonchev–Trinajstić information content (AvgIpc) is 0.901. The molecular formula is C89H146O17P2. The Morgan fingerprint density at radius 1 is 0.269 bits per heavy atom. The van der Waals surface area contributed by atoms with E-state index in [2.05, 4.69) is 155 Å². The van der Waals surface area contributed by atoms with Gasteiger partial charge in [0.25, 0.3) is 0 Å². The number of aliphatic hydroxyl groups excluding tert-OH is 1. The molecule has 614 valence electrons. The van der Waals surface area contributed by atoms with E-state index in [1.165, 1.54) is 103 Å². The highest BCUT2D eigenvalue weighted by atomic mass is 31.2. The monoisotopic (exact) mass is 1550 g/mol. The lowest BCUT2D eigenvalue weighted by Crippen LogP contribution is -2.30. The molecular weight excluding hydrogens is 1400 g/mol. The van der Waals surface area contributed by atoms with Crippen LogP contribution >= 0.6 is 15.6 Å². The molecule has 3 N–H and O–H groups in total. The quantitative estimate of drug-likeness (QED) is 0.0169. The van der Waals surface area contributed by atoms with Gasteiger partial charge in [-0.15, -0.1) is 0 Å². The summed E-state index contributed by atoms with van der Waals surface area (Å²) in [7, 11) is -10.0. The van der Waals surface area contributed by atoms with Crippen molar-refractivity contribution >= 4 is 39.5 Å². The van der Waals surface area contributed by atoms with Crippen LogP contribution in [0.15, 0.2) is 170 Å². The summed E-state index contributed by atoms with van der Waals surface area (Å²) in [4.78, 5) is 73.1. The number of ether oxygens (including phenoxy) is 4.